The van der Waals surface area contributed by atoms with Gasteiger partial charge in [-0.15, -0.1) is 0 Å². The lowest BCUT2D eigenvalue weighted by Gasteiger charge is -2.29. The van der Waals surface area contributed by atoms with Gasteiger partial charge in [0.15, 0.2) is 0 Å². The number of rotatable bonds is 4. The summed E-state index contributed by atoms with van der Waals surface area (Å²) in [6.07, 6.45) is 5.19. The van der Waals surface area contributed by atoms with Crippen LogP contribution < -0.4 is 5.73 Å². The quantitative estimate of drug-likeness (QED) is 0.701. The first-order valence-corrected chi connectivity index (χ1v) is 5.53. The Balaban J connectivity index is 2.46. The van der Waals surface area contributed by atoms with Crippen LogP contribution in [0.5, 0.6) is 0 Å². The fourth-order valence-corrected chi connectivity index (χ4v) is 2.47. The number of hydrogen-bond acceptors (Lipinski definition) is 2. The van der Waals surface area contributed by atoms with Gasteiger partial charge in [-0.3, -0.25) is 0 Å². The molecule has 0 radical (unpaired) electrons. The first kappa shape index (κ1) is 11.0. The van der Waals surface area contributed by atoms with E-state index in [9.17, 15) is 5.11 Å². The van der Waals surface area contributed by atoms with Crippen LogP contribution in [0.1, 0.15) is 39.5 Å². The lowest BCUT2D eigenvalue weighted by Crippen LogP contribution is -2.41. The molecule has 0 aromatic heterocycles. The van der Waals surface area contributed by atoms with Crippen molar-refractivity contribution in [2.45, 2.75) is 45.6 Å². The van der Waals surface area contributed by atoms with Crippen LogP contribution in [-0.2, 0) is 0 Å². The first-order valence-electron chi connectivity index (χ1n) is 5.53. The Morgan fingerprint density at radius 3 is 2.23 bits per heavy atom. The van der Waals surface area contributed by atoms with Gasteiger partial charge in [0.1, 0.15) is 0 Å². The standard InChI is InChI=1S/C11H23NO/c1-8(2)10(7-13)11(12)9-5-3-4-6-9/h8-11,13H,3-7,12H2,1-2H3. The molecule has 0 heterocycles. The highest BCUT2D eigenvalue weighted by atomic mass is 16.3. The maximum absolute atomic E-state index is 9.25. The second-order valence-electron chi connectivity index (χ2n) is 4.71. The maximum atomic E-state index is 9.25. The largest absolute Gasteiger partial charge is 0.396 e. The molecule has 2 atom stereocenters. The molecule has 0 aromatic carbocycles. The van der Waals surface area contributed by atoms with Gasteiger partial charge in [-0.05, 0) is 30.6 Å². The molecule has 0 aromatic rings. The van der Waals surface area contributed by atoms with E-state index in [0.717, 1.165) is 0 Å². The molecule has 13 heavy (non-hydrogen) atoms. The van der Waals surface area contributed by atoms with E-state index >= 15 is 0 Å². The Morgan fingerprint density at radius 2 is 1.85 bits per heavy atom. The highest BCUT2D eigenvalue weighted by Gasteiger charge is 2.29. The van der Waals surface area contributed by atoms with Gasteiger partial charge in [-0.1, -0.05) is 26.7 Å². The van der Waals surface area contributed by atoms with Crippen LogP contribution >= 0.6 is 0 Å². The van der Waals surface area contributed by atoms with E-state index < -0.39 is 0 Å². The molecule has 1 rings (SSSR count). The van der Waals surface area contributed by atoms with Gasteiger partial charge < -0.3 is 10.8 Å². The van der Waals surface area contributed by atoms with Crippen LogP contribution in [0.4, 0.5) is 0 Å². The van der Waals surface area contributed by atoms with Crippen molar-refractivity contribution in [3.05, 3.63) is 0 Å². The predicted molar refractivity (Wildman–Crippen MR) is 55.3 cm³/mol. The average molecular weight is 185 g/mol. The molecule has 0 bridgehead atoms. The Labute approximate surface area is 81.5 Å². The summed E-state index contributed by atoms with van der Waals surface area (Å²) in [5, 5.41) is 9.25. The molecule has 0 saturated heterocycles. The van der Waals surface area contributed by atoms with E-state index in [0.29, 0.717) is 17.8 Å². The molecular formula is C11H23NO. The third-order valence-corrected chi connectivity index (χ3v) is 3.51. The van der Waals surface area contributed by atoms with Gasteiger partial charge in [0.05, 0.1) is 0 Å². The van der Waals surface area contributed by atoms with Gasteiger partial charge in [0.2, 0.25) is 0 Å². The molecule has 1 saturated carbocycles. The lowest BCUT2D eigenvalue weighted by atomic mass is 9.82. The zero-order valence-corrected chi connectivity index (χ0v) is 8.87. The number of nitrogens with two attached hydrogens (primary N) is 1. The molecule has 2 nitrogen and oxygen atoms in total. The molecular weight excluding hydrogens is 162 g/mol. The fraction of sp³-hybridized carbons (Fsp3) is 1.00. The minimum Gasteiger partial charge on any atom is -0.396 e. The molecule has 1 fully saturated rings. The third kappa shape index (κ3) is 2.68. The average Bonchev–Trinajstić information content (AvgIpc) is 2.56. The minimum absolute atomic E-state index is 0.215. The van der Waals surface area contributed by atoms with Crippen molar-refractivity contribution >= 4 is 0 Å². The summed E-state index contributed by atoms with van der Waals surface area (Å²) in [5.41, 5.74) is 6.17. The Bertz CT molecular complexity index is 141. The van der Waals surface area contributed by atoms with Crippen molar-refractivity contribution in [2.24, 2.45) is 23.5 Å². The third-order valence-electron chi connectivity index (χ3n) is 3.51. The summed E-state index contributed by atoms with van der Waals surface area (Å²) in [6.45, 7) is 4.54. The fourth-order valence-electron chi connectivity index (χ4n) is 2.47. The minimum atomic E-state index is 0.215. The van der Waals surface area contributed by atoms with E-state index in [1.54, 1.807) is 0 Å². The second-order valence-corrected chi connectivity index (χ2v) is 4.71. The van der Waals surface area contributed by atoms with E-state index in [-0.39, 0.29) is 12.6 Å². The van der Waals surface area contributed by atoms with Gasteiger partial charge in [0.25, 0.3) is 0 Å². The summed E-state index contributed by atoms with van der Waals surface area (Å²) in [7, 11) is 0. The molecule has 2 heteroatoms. The molecule has 1 aliphatic carbocycles. The maximum Gasteiger partial charge on any atom is 0.0476 e. The lowest BCUT2D eigenvalue weighted by molar-refractivity contribution is 0.141. The van der Waals surface area contributed by atoms with Gasteiger partial charge >= 0.3 is 0 Å². The molecule has 3 N–H and O–H groups in total. The summed E-state index contributed by atoms with van der Waals surface area (Å²) in [6, 6.07) is 0.215. The van der Waals surface area contributed by atoms with Crippen molar-refractivity contribution < 1.29 is 5.11 Å². The molecule has 78 valence electrons. The molecule has 0 amide bonds. The van der Waals surface area contributed by atoms with Crippen molar-refractivity contribution in [1.29, 1.82) is 0 Å². The number of aliphatic hydroxyl groups is 1. The van der Waals surface area contributed by atoms with Crippen LogP contribution in [-0.4, -0.2) is 17.8 Å². The zero-order chi connectivity index (χ0) is 9.84. The van der Waals surface area contributed by atoms with Gasteiger partial charge in [-0.2, -0.15) is 0 Å². The van der Waals surface area contributed by atoms with Crippen molar-refractivity contribution in [1.82, 2.24) is 0 Å². The molecule has 2 unspecified atom stereocenters. The van der Waals surface area contributed by atoms with Crippen LogP contribution in [0.25, 0.3) is 0 Å². The number of hydrogen-bond donors (Lipinski definition) is 2. The van der Waals surface area contributed by atoms with Crippen molar-refractivity contribution in [3.63, 3.8) is 0 Å². The highest BCUT2D eigenvalue weighted by molar-refractivity contribution is 4.84. The van der Waals surface area contributed by atoms with Crippen LogP contribution in [0.15, 0.2) is 0 Å². The Kier molecular flexibility index (Phi) is 4.20. The van der Waals surface area contributed by atoms with Crippen LogP contribution in [0.2, 0.25) is 0 Å². The molecule has 0 spiro atoms. The second kappa shape index (κ2) is 4.97. The monoisotopic (exact) mass is 185 g/mol. The normalized spacial score (nSPS) is 23.8. The topological polar surface area (TPSA) is 46.2 Å². The Morgan fingerprint density at radius 1 is 1.31 bits per heavy atom. The van der Waals surface area contributed by atoms with E-state index in [2.05, 4.69) is 13.8 Å². The summed E-state index contributed by atoms with van der Waals surface area (Å²) in [4.78, 5) is 0. The van der Waals surface area contributed by atoms with Gasteiger partial charge in [-0.25, -0.2) is 0 Å². The van der Waals surface area contributed by atoms with E-state index in [4.69, 9.17) is 5.73 Å². The van der Waals surface area contributed by atoms with Crippen LogP contribution in [0.3, 0.4) is 0 Å². The zero-order valence-electron chi connectivity index (χ0n) is 8.87. The number of aliphatic hydroxyl groups excluding tert-OH is 1. The first-order chi connectivity index (χ1) is 6.16. The van der Waals surface area contributed by atoms with Crippen molar-refractivity contribution in [3.8, 4) is 0 Å². The molecule has 0 aliphatic heterocycles. The molecule has 1 aliphatic rings. The predicted octanol–water partition coefficient (Wildman–Crippen LogP) is 1.77. The smallest absolute Gasteiger partial charge is 0.0476 e. The highest BCUT2D eigenvalue weighted by Crippen LogP contribution is 2.31. The summed E-state index contributed by atoms with van der Waals surface area (Å²) in [5.74, 6) is 1.46. The SMILES string of the molecule is CC(C)C(CO)C(N)C1CCCC1. The van der Waals surface area contributed by atoms with E-state index in [1.165, 1.54) is 25.7 Å². The van der Waals surface area contributed by atoms with E-state index in [1.807, 2.05) is 0 Å². The Hall–Kier alpha value is -0.0800. The van der Waals surface area contributed by atoms with Crippen molar-refractivity contribution in [2.75, 3.05) is 6.61 Å². The van der Waals surface area contributed by atoms with Gasteiger partial charge in [0, 0.05) is 12.6 Å². The summed E-state index contributed by atoms with van der Waals surface area (Å²) >= 11 is 0. The summed E-state index contributed by atoms with van der Waals surface area (Å²) < 4.78 is 0. The van der Waals surface area contributed by atoms with Crippen LogP contribution in [0, 0.1) is 17.8 Å².